The van der Waals surface area contributed by atoms with Gasteiger partial charge in [-0.15, -0.1) is 0 Å². The van der Waals surface area contributed by atoms with E-state index in [1.807, 2.05) is 0 Å². The first-order valence-corrected chi connectivity index (χ1v) is 30.7. The summed E-state index contributed by atoms with van der Waals surface area (Å²) in [6.07, 6.45) is 0. The van der Waals surface area contributed by atoms with Crippen LogP contribution in [0.4, 0.5) is 0 Å². The molecular formula is C84H57P. The molecule has 15 rings (SSSR count). The third-order valence-electron chi connectivity index (χ3n) is 16.8. The van der Waals surface area contributed by atoms with Gasteiger partial charge in [0.15, 0.2) is 0 Å². The number of hydrogen-bond acceptors (Lipinski definition) is 0. The van der Waals surface area contributed by atoms with Crippen LogP contribution in [-0.2, 0) is 0 Å². The Bertz CT molecular complexity index is 4360. The van der Waals surface area contributed by atoms with Gasteiger partial charge in [0.05, 0.1) is 0 Å². The normalized spacial score (nSPS) is 11.4. The van der Waals surface area contributed by atoms with Crippen LogP contribution in [0.2, 0.25) is 0 Å². The number of benzene rings is 15. The number of hydrogen-bond donors (Lipinski definition) is 0. The monoisotopic (exact) mass is 1100 g/mol. The van der Waals surface area contributed by atoms with Crippen LogP contribution in [0.25, 0.3) is 132 Å². The Hall–Kier alpha value is -10.5. The molecule has 0 aliphatic rings. The average molecular weight is 1100 g/mol. The Morgan fingerprint density at radius 1 is 0.118 bits per heavy atom. The zero-order valence-electron chi connectivity index (χ0n) is 46.9. The molecule has 1 heteroatoms. The van der Waals surface area contributed by atoms with Crippen molar-refractivity contribution in [3.05, 3.63) is 346 Å². The molecule has 0 N–H and O–H groups in total. The molecule has 0 saturated heterocycles. The summed E-state index contributed by atoms with van der Waals surface area (Å²) in [5.41, 5.74) is 21.4. The number of fused-ring (bicyclic) bond motifs is 3. The van der Waals surface area contributed by atoms with Crippen molar-refractivity contribution < 1.29 is 0 Å². The van der Waals surface area contributed by atoms with Crippen molar-refractivity contribution in [2.75, 3.05) is 0 Å². The zero-order valence-corrected chi connectivity index (χ0v) is 47.8. The highest BCUT2D eigenvalue weighted by molar-refractivity contribution is 7.81. The van der Waals surface area contributed by atoms with Crippen LogP contribution in [0.1, 0.15) is 0 Å². The molecule has 0 amide bonds. The Morgan fingerprint density at radius 3 is 0.424 bits per heavy atom. The molecule has 0 nitrogen and oxygen atoms in total. The van der Waals surface area contributed by atoms with Crippen molar-refractivity contribution in [1.82, 2.24) is 0 Å². The van der Waals surface area contributed by atoms with E-state index in [1.165, 1.54) is 115 Å². The highest BCUT2D eigenvalue weighted by Crippen LogP contribution is 2.58. The SMILES string of the molecule is c1ccc(-c2c(P(c3c(-c4ccccc4)c(-c4ccccc4)c4ccccc4c3-c3ccccc3)c3c(-c4ccccc4)c(-c4ccccc4)c4ccccc4c3-c3ccccc3)c(-c3ccccc3)c3ccccc3c2-c2ccccc2)cc1. The molecule has 0 aliphatic heterocycles. The van der Waals surface area contributed by atoms with E-state index >= 15 is 0 Å². The van der Waals surface area contributed by atoms with Gasteiger partial charge < -0.3 is 0 Å². The molecule has 0 radical (unpaired) electrons. The predicted molar refractivity (Wildman–Crippen MR) is 367 cm³/mol. The first-order chi connectivity index (χ1) is 42.3. The first kappa shape index (κ1) is 51.4. The van der Waals surface area contributed by atoms with E-state index in [2.05, 4.69) is 346 Å². The summed E-state index contributed by atoms with van der Waals surface area (Å²) in [7, 11) is -1.85. The van der Waals surface area contributed by atoms with Crippen molar-refractivity contribution >= 4 is 56.2 Å². The lowest BCUT2D eigenvalue weighted by molar-refractivity contribution is 1.60. The van der Waals surface area contributed by atoms with E-state index in [0.29, 0.717) is 0 Å². The minimum Gasteiger partial charge on any atom is -0.0622 e. The summed E-state index contributed by atoms with van der Waals surface area (Å²) in [5.74, 6) is 0. The zero-order chi connectivity index (χ0) is 56.5. The van der Waals surface area contributed by atoms with Gasteiger partial charge in [0.25, 0.3) is 0 Å². The summed E-state index contributed by atoms with van der Waals surface area (Å²) in [5, 5.41) is 11.1. The van der Waals surface area contributed by atoms with Crippen LogP contribution in [0, 0.1) is 0 Å². The fourth-order valence-electron chi connectivity index (χ4n) is 13.3. The fraction of sp³-hybridized carbons (Fsp3) is 0. The van der Waals surface area contributed by atoms with E-state index in [9.17, 15) is 0 Å². The molecule has 0 heterocycles. The van der Waals surface area contributed by atoms with Crippen molar-refractivity contribution in [2.24, 2.45) is 0 Å². The molecule has 85 heavy (non-hydrogen) atoms. The van der Waals surface area contributed by atoms with Crippen molar-refractivity contribution in [1.29, 1.82) is 0 Å². The van der Waals surface area contributed by atoms with Gasteiger partial charge in [0, 0.05) is 15.9 Å². The largest absolute Gasteiger partial charge is 0.0622 e. The summed E-state index contributed by atoms with van der Waals surface area (Å²) in [6.45, 7) is 0. The Kier molecular flexibility index (Phi) is 13.7. The molecule has 0 fully saturated rings. The van der Waals surface area contributed by atoms with E-state index in [4.69, 9.17) is 0 Å². The molecular weight excluding hydrogens is 1040 g/mol. The lowest BCUT2D eigenvalue weighted by Gasteiger charge is -2.37. The maximum Gasteiger partial charge on any atom is 0.00195 e. The Labute approximate surface area is 499 Å². The average Bonchev–Trinajstić information content (AvgIpc) is 1.73. The second-order valence-corrected chi connectivity index (χ2v) is 23.7. The van der Waals surface area contributed by atoms with E-state index in [0.717, 1.165) is 33.4 Å². The van der Waals surface area contributed by atoms with E-state index in [1.54, 1.807) is 0 Å². The van der Waals surface area contributed by atoms with Crippen molar-refractivity contribution in [2.45, 2.75) is 0 Å². The van der Waals surface area contributed by atoms with E-state index < -0.39 is 7.92 Å². The maximum absolute atomic E-state index is 2.40. The van der Waals surface area contributed by atoms with Gasteiger partial charge in [-0.05, 0) is 140 Å². The lowest BCUT2D eigenvalue weighted by atomic mass is 9.84. The molecule has 0 saturated carbocycles. The third-order valence-corrected chi connectivity index (χ3v) is 19.5. The summed E-state index contributed by atoms with van der Waals surface area (Å²) >= 11 is 0. The highest BCUT2D eigenvalue weighted by Gasteiger charge is 2.39. The summed E-state index contributed by atoms with van der Waals surface area (Å²) < 4.78 is 0. The molecule has 0 bridgehead atoms. The lowest BCUT2D eigenvalue weighted by Crippen LogP contribution is -2.30. The van der Waals surface area contributed by atoms with Gasteiger partial charge in [0.2, 0.25) is 0 Å². The van der Waals surface area contributed by atoms with E-state index in [-0.39, 0.29) is 0 Å². The fourth-order valence-corrected chi connectivity index (χ4v) is 16.8. The topological polar surface area (TPSA) is 0 Å². The third kappa shape index (κ3) is 9.17. The molecule has 398 valence electrons. The van der Waals surface area contributed by atoms with Crippen molar-refractivity contribution in [3.8, 4) is 100 Å². The number of rotatable bonds is 12. The second kappa shape index (κ2) is 22.7. The minimum atomic E-state index is -1.85. The molecule has 15 aromatic rings. The highest BCUT2D eigenvalue weighted by atomic mass is 31.1. The second-order valence-electron chi connectivity index (χ2n) is 21.7. The quantitative estimate of drug-likeness (QED) is 0.107. The summed E-state index contributed by atoms with van der Waals surface area (Å²) in [4.78, 5) is 0. The maximum atomic E-state index is 2.40. The van der Waals surface area contributed by atoms with Gasteiger partial charge in [0.1, 0.15) is 0 Å². The van der Waals surface area contributed by atoms with Crippen LogP contribution in [-0.4, -0.2) is 0 Å². The molecule has 0 aromatic heterocycles. The Balaban J connectivity index is 1.34. The van der Waals surface area contributed by atoms with Crippen molar-refractivity contribution in [3.63, 3.8) is 0 Å². The first-order valence-electron chi connectivity index (χ1n) is 29.3. The standard InChI is InChI=1S/C84H57P/c1-10-34-58(35-11-1)73-67-52-28-31-55-70(67)76(61-40-16-4-17-41-61)82(79(73)64-46-22-7-23-47-64)85(83-77(62-42-18-5-19-43-62)71-56-32-29-53-68(71)74(59-36-12-2-13-37-59)80(83)65-48-24-8-25-49-65)84-78(63-44-20-6-21-45-63)72-57-33-30-54-69(72)75(60-38-14-3-15-39-60)81(84)66-50-26-9-27-51-66/h1-57H. The molecule has 15 aromatic carbocycles. The molecule has 0 aliphatic carbocycles. The van der Waals surface area contributed by atoms with Crippen LogP contribution >= 0.6 is 7.92 Å². The van der Waals surface area contributed by atoms with Crippen LogP contribution < -0.4 is 15.9 Å². The molecule has 0 unspecified atom stereocenters. The van der Waals surface area contributed by atoms with Gasteiger partial charge >= 0.3 is 0 Å². The smallest absolute Gasteiger partial charge is 0.00195 e. The van der Waals surface area contributed by atoms with Gasteiger partial charge in [-0.3, -0.25) is 0 Å². The van der Waals surface area contributed by atoms with Gasteiger partial charge in [-0.25, -0.2) is 0 Å². The van der Waals surface area contributed by atoms with Gasteiger partial charge in [-0.1, -0.05) is 346 Å². The molecule has 0 spiro atoms. The summed E-state index contributed by atoms with van der Waals surface area (Å²) in [6, 6.07) is 129. The van der Waals surface area contributed by atoms with Crippen LogP contribution in [0.5, 0.6) is 0 Å². The van der Waals surface area contributed by atoms with Gasteiger partial charge in [-0.2, -0.15) is 0 Å². The minimum absolute atomic E-state index is 1.16. The Morgan fingerprint density at radius 2 is 0.247 bits per heavy atom. The predicted octanol–water partition coefficient (Wildman–Crippen LogP) is 21.9. The molecule has 0 atom stereocenters. The van der Waals surface area contributed by atoms with Crippen LogP contribution in [0.3, 0.4) is 0 Å². The van der Waals surface area contributed by atoms with Crippen LogP contribution in [0.15, 0.2) is 346 Å².